The maximum absolute atomic E-state index is 12.1. The normalized spacial score (nSPS) is 13.9. The van der Waals surface area contributed by atoms with Crippen LogP contribution in [0.1, 0.15) is 43.9 Å². The summed E-state index contributed by atoms with van der Waals surface area (Å²) in [6, 6.07) is 6.18. The molecule has 11 heteroatoms. The number of hydrogen-bond acceptors (Lipinski definition) is 8. The van der Waals surface area contributed by atoms with Crippen LogP contribution in [0.25, 0.3) is 17.3 Å². The maximum atomic E-state index is 12.1. The number of sulfonamides is 1. The van der Waals surface area contributed by atoms with E-state index in [4.69, 9.17) is 5.11 Å². The van der Waals surface area contributed by atoms with Crippen LogP contribution in [0.15, 0.2) is 30.3 Å². The Hall–Kier alpha value is -3.02. The Labute approximate surface area is 192 Å². The van der Waals surface area contributed by atoms with Gasteiger partial charge in [-0.05, 0) is 30.2 Å². The Balaban J connectivity index is 2.61. The lowest BCUT2D eigenvalue weighted by Crippen LogP contribution is -2.27. The smallest absolute Gasteiger partial charge is 0.305 e. The van der Waals surface area contributed by atoms with Gasteiger partial charge in [-0.15, -0.1) is 0 Å². The van der Waals surface area contributed by atoms with Crippen molar-refractivity contribution in [3.8, 4) is 17.0 Å². The van der Waals surface area contributed by atoms with Gasteiger partial charge in [-0.1, -0.05) is 26.0 Å². The Morgan fingerprint density at radius 2 is 1.76 bits per heavy atom. The molecule has 180 valence electrons. The molecule has 0 amide bonds. The highest BCUT2D eigenvalue weighted by Gasteiger charge is 2.22. The topological polar surface area (TPSA) is 161 Å². The molecular weight excluding hydrogens is 450 g/mol. The summed E-state index contributed by atoms with van der Waals surface area (Å²) in [5.41, 5.74) is 2.01. The molecule has 10 nitrogen and oxygen atoms in total. The lowest BCUT2D eigenvalue weighted by molar-refractivity contribution is -0.139. The van der Waals surface area contributed by atoms with E-state index < -0.39 is 34.6 Å². The Morgan fingerprint density at radius 1 is 1.15 bits per heavy atom. The standard InChI is InChI=1S/C22H29N3O7S/c1-13(2)20-18(10-9-16(27)11-17(28)12-19(29)30)21(14-5-7-15(26)8-6-14)24-22(23-20)25(3)33(4,31)32/h5-10,13,16-17,26-28H,11-12H2,1-4H3,(H,29,30)/b10-9+/t16-,17-/m1/s1. The number of rotatable bonds is 10. The van der Waals surface area contributed by atoms with E-state index in [-0.39, 0.29) is 24.0 Å². The number of hydrogen-bond donors (Lipinski definition) is 4. The minimum Gasteiger partial charge on any atom is -0.508 e. The highest BCUT2D eigenvalue weighted by Crippen LogP contribution is 2.32. The number of carbonyl (C=O) groups is 1. The molecule has 0 saturated heterocycles. The van der Waals surface area contributed by atoms with Crippen molar-refractivity contribution in [1.29, 1.82) is 0 Å². The maximum Gasteiger partial charge on any atom is 0.305 e. The van der Waals surface area contributed by atoms with Crippen molar-refractivity contribution in [2.24, 2.45) is 0 Å². The van der Waals surface area contributed by atoms with Gasteiger partial charge in [0, 0.05) is 24.6 Å². The number of aliphatic hydroxyl groups excluding tert-OH is 2. The zero-order valence-corrected chi connectivity index (χ0v) is 19.7. The van der Waals surface area contributed by atoms with Gasteiger partial charge in [-0.2, -0.15) is 0 Å². The molecular formula is C22H29N3O7S. The lowest BCUT2D eigenvalue weighted by atomic mass is 9.97. The fourth-order valence-electron chi connectivity index (χ4n) is 3.06. The molecule has 1 aromatic heterocycles. The number of aromatic hydroxyl groups is 1. The SMILES string of the molecule is CC(C)c1nc(N(C)S(C)(=O)=O)nc(-c2ccc(O)cc2)c1/C=C/[C@@H](O)C[C@@H](O)CC(=O)O. The summed E-state index contributed by atoms with van der Waals surface area (Å²) in [5, 5.41) is 38.5. The van der Waals surface area contributed by atoms with Gasteiger partial charge in [0.05, 0.1) is 36.3 Å². The minimum atomic E-state index is -3.63. The van der Waals surface area contributed by atoms with E-state index in [1.54, 1.807) is 18.2 Å². The van der Waals surface area contributed by atoms with Crippen molar-refractivity contribution < 1.29 is 33.6 Å². The average Bonchev–Trinajstić information content (AvgIpc) is 2.70. The molecule has 0 bridgehead atoms. The number of anilines is 1. The molecule has 0 fully saturated rings. The second-order valence-corrected chi connectivity index (χ2v) is 10.0. The van der Waals surface area contributed by atoms with Gasteiger partial charge in [0.2, 0.25) is 16.0 Å². The van der Waals surface area contributed by atoms with Crippen LogP contribution < -0.4 is 4.31 Å². The third kappa shape index (κ3) is 7.24. The second kappa shape index (κ2) is 10.7. The zero-order chi connectivity index (χ0) is 24.9. The first kappa shape index (κ1) is 26.2. The van der Waals surface area contributed by atoms with Crippen molar-refractivity contribution in [2.75, 3.05) is 17.6 Å². The quantitative estimate of drug-likeness (QED) is 0.399. The third-order valence-electron chi connectivity index (χ3n) is 4.84. The summed E-state index contributed by atoms with van der Waals surface area (Å²) in [6.07, 6.45) is 0.994. The number of phenols is 1. The van der Waals surface area contributed by atoms with Crippen LogP contribution in [0.2, 0.25) is 0 Å². The predicted molar refractivity (Wildman–Crippen MR) is 124 cm³/mol. The summed E-state index contributed by atoms with van der Waals surface area (Å²) >= 11 is 0. The molecule has 1 aromatic carbocycles. The number of aliphatic hydroxyl groups is 2. The molecule has 33 heavy (non-hydrogen) atoms. The summed E-state index contributed by atoms with van der Waals surface area (Å²) in [7, 11) is -2.29. The number of nitrogens with zero attached hydrogens (tertiary/aromatic N) is 3. The molecule has 0 spiro atoms. The van der Waals surface area contributed by atoms with E-state index in [1.165, 1.54) is 25.3 Å². The molecule has 1 heterocycles. The van der Waals surface area contributed by atoms with Crippen LogP contribution in [0.4, 0.5) is 5.95 Å². The predicted octanol–water partition coefficient (Wildman–Crippen LogP) is 1.97. The summed E-state index contributed by atoms with van der Waals surface area (Å²) in [6.45, 7) is 3.75. The summed E-state index contributed by atoms with van der Waals surface area (Å²) in [4.78, 5) is 19.6. The van der Waals surface area contributed by atoms with Gasteiger partial charge in [-0.3, -0.25) is 4.79 Å². The molecule has 4 N–H and O–H groups in total. The number of aliphatic carboxylic acids is 1. The van der Waals surface area contributed by atoms with Gasteiger partial charge in [-0.25, -0.2) is 22.7 Å². The van der Waals surface area contributed by atoms with Crippen molar-refractivity contribution in [1.82, 2.24) is 9.97 Å². The average molecular weight is 480 g/mol. The Bertz CT molecular complexity index is 1120. The van der Waals surface area contributed by atoms with Gasteiger partial charge >= 0.3 is 5.97 Å². The second-order valence-electron chi connectivity index (χ2n) is 8.02. The van der Waals surface area contributed by atoms with E-state index in [0.29, 0.717) is 22.5 Å². The van der Waals surface area contributed by atoms with Crippen molar-refractivity contribution >= 4 is 28.0 Å². The number of aromatic nitrogens is 2. The van der Waals surface area contributed by atoms with Crippen molar-refractivity contribution in [2.45, 2.75) is 44.8 Å². The first-order chi connectivity index (χ1) is 15.3. The lowest BCUT2D eigenvalue weighted by Gasteiger charge is -2.20. The molecule has 0 aliphatic rings. The first-order valence-corrected chi connectivity index (χ1v) is 12.1. The summed E-state index contributed by atoms with van der Waals surface area (Å²) < 4.78 is 25.1. The highest BCUT2D eigenvalue weighted by molar-refractivity contribution is 7.92. The van der Waals surface area contributed by atoms with Crippen LogP contribution in [0.3, 0.4) is 0 Å². The van der Waals surface area contributed by atoms with Crippen LogP contribution in [-0.4, -0.2) is 70.3 Å². The molecule has 0 unspecified atom stereocenters. The van der Waals surface area contributed by atoms with Crippen LogP contribution >= 0.6 is 0 Å². The molecule has 0 saturated carbocycles. The molecule has 0 radical (unpaired) electrons. The highest BCUT2D eigenvalue weighted by atomic mass is 32.2. The minimum absolute atomic E-state index is 0.0288. The fraction of sp³-hybridized carbons (Fsp3) is 0.409. The largest absolute Gasteiger partial charge is 0.508 e. The van der Waals surface area contributed by atoms with E-state index in [0.717, 1.165) is 10.6 Å². The molecule has 0 aliphatic heterocycles. The van der Waals surface area contributed by atoms with Crippen LogP contribution in [0, 0.1) is 0 Å². The Kier molecular flexibility index (Phi) is 8.53. The van der Waals surface area contributed by atoms with Gasteiger partial charge in [0.25, 0.3) is 0 Å². The molecule has 2 aromatic rings. The number of benzene rings is 1. The van der Waals surface area contributed by atoms with Crippen LogP contribution in [0.5, 0.6) is 5.75 Å². The van der Waals surface area contributed by atoms with E-state index in [1.807, 2.05) is 13.8 Å². The van der Waals surface area contributed by atoms with E-state index in [2.05, 4.69) is 9.97 Å². The van der Waals surface area contributed by atoms with Crippen LogP contribution in [-0.2, 0) is 14.8 Å². The number of carboxylic acids is 1. The van der Waals surface area contributed by atoms with Crippen molar-refractivity contribution in [3.05, 3.63) is 41.6 Å². The van der Waals surface area contributed by atoms with Gasteiger partial charge in [0.15, 0.2) is 0 Å². The summed E-state index contributed by atoms with van der Waals surface area (Å²) in [5.74, 6) is -1.30. The monoisotopic (exact) mass is 479 g/mol. The molecule has 2 rings (SSSR count). The number of phenolic OH excluding ortho intramolecular Hbond substituents is 1. The zero-order valence-electron chi connectivity index (χ0n) is 18.9. The van der Waals surface area contributed by atoms with Crippen molar-refractivity contribution in [3.63, 3.8) is 0 Å². The number of carboxylic acid groups (broad SMARTS) is 1. The molecule has 2 atom stereocenters. The molecule has 0 aliphatic carbocycles. The van der Waals surface area contributed by atoms with Gasteiger partial charge < -0.3 is 20.4 Å². The van der Waals surface area contributed by atoms with E-state index >= 15 is 0 Å². The first-order valence-electron chi connectivity index (χ1n) is 10.2. The fourth-order valence-corrected chi connectivity index (χ4v) is 3.44. The third-order valence-corrected chi connectivity index (χ3v) is 6.00. The van der Waals surface area contributed by atoms with Gasteiger partial charge in [0.1, 0.15) is 5.75 Å². The Morgan fingerprint density at radius 3 is 2.27 bits per heavy atom. The van der Waals surface area contributed by atoms with E-state index in [9.17, 15) is 28.5 Å².